The molecular weight excluding hydrogens is 348 g/mol. The SMILES string of the molecule is CCCOc1ccc2cc(C(=O)N3CCC(CC(=O)NC)C3)c(=O)oc2c1. The monoisotopic (exact) mass is 372 g/mol. The summed E-state index contributed by atoms with van der Waals surface area (Å²) in [4.78, 5) is 38.2. The molecule has 1 fully saturated rings. The predicted molar refractivity (Wildman–Crippen MR) is 101 cm³/mol. The van der Waals surface area contributed by atoms with Crippen LogP contribution in [0.1, 0.15) is 36.5 Å². The van der Waals surface area contributed by atoms with Gasteiger partial charge in [0, 0.05) is 38.0 Å². The van der Waals surface area contributed by atoms with Gasteiger partial charge in [0.2, 0.25) is 5.91 Å². The van der Waals surface area contributed by atoms with Crippen LogP contribution in [0.5, 0.6) is 5.75 Å². The average Bonchev–Trinajstić information content (AvgIpc) is 3.13. The fraction of sp³-hybridized carbons (Fsp3) is 0.450. The lowest BCUT2D eigenvalue weighted by Gasteiger charge is -2.16. The molecule has 0 bridgehead atoms. The Morgan fingerprint density at radius 1 is 1.33 bits per heavy atom. The Morgan fingerprint density at radius 3 is 2.89 bits per heavy atom. The molecule has 1 N–H and O–H groups in total. The first-order valence-corrected chi connectivity index (χ1v) is 9.22. The fourth-order valence-corrected chi connectivity index (χ4v) is 3.27. The van der Waals surface area contributed by atoms with Gasteiger partial charge in [0.25, 0.3) is 5.91 Å². The molecule has 144 valence electrons. The number of rotatable bonds is 6. The zero-order valence-corrected chi connectivity index (χ0v) is 15.6. The van der Waals surface area contributed by atoms with E-state index in [0.29, 0.717) is 42.8 Å². The molecule has 0 radical (unpaired) electrons. The number of likely N-dealkylation sites (tertiary alicyclic amines) is 1. The van der Waals surface area contributed by atoms with Crippen molar-refractivity contribution in [1.29, 1.82) is 0 Å². The number of nitrogens with one attached hydrogen (secondary N) is 1. The molecule has 1 aromatic carbocycles. The highest BCUT2D eigenvalue weighted by molar-refractivity contribution is 5.97. The molecule has 1 atom stereocenters. The summed E-state index contributed by atoms with van der Waals surface area (Å²) in [5, 5.41) is 3.27. The van der Waals surface area contributed by atoms with Gasteiger partial charge in [-0.15, -0.1) is 0 Å². The van der Waals surface area contributed by atoms with Crippen LogP contribution in [0.2, 0.25) is 0 Å². The Balaban J connectivity index is 1.78. The van der Waals surface area contributed by atoms with E-state index in [4.69, 9.17) is 9.15 Å². The van der Waals surface area contributed by atoms with Crippen LogP contribution in [0.4, 0.5) is 0 Å². The van der Waals surface area contributed by atoms with E-state index in [2.05, 4.69) is 5.32 Å². The third kappa shape index (κ3) is 4.30. The molecule has 2 aromatic rings. The average molecular weight is 372 g/mol. The topological polar surface area (TPSA) is 88.9 Å². The Kier molecular flexibility index (Phi) is 5.78. The van der Waals surface area contributed by atoms with Gasteiger partial charge in [0.1, 0.15) is 16.9 Å². The van der Waals surface area contributed by atoms with Crippen LogP contribution in [-0.2, 0) is 4.79 Å². The number of benzene rings is 1. The van der Waals surface area contributed by atoms with E-state index in [1.807, 2.05) is 6.92 Å². The first-order chi connectivity index (χ1) is 13.0. The third-order valence-corrected chi connectivity index (χ3v) is 4.74. The number of carbonyl (C=O) groups excluding carboxylic acids is 2. The Labute approximate surface area is 157 Å². The first-order valence-electron chi connectivity index (χ1n) is 9.22. The molecule has 1 unspecified atom stereocenters. The van der Waals surface area contributed by atoms with E-state index < -0.39 is 5.63 Å². The second-order valence-electron chi connectivity index (χ2n) is 6.78. The van der Waals surface area contributed by atoms with Crippen LogP contribution in [0, 0.1) is 5.92 Å². The minimum absolute atomic E-state index is 0.0188. The quantitative estimate of drug-likeness (QED) is 0.785. The summed E-state index contributed by atoms with van der Waals surface area (Å²) in [6.45, 7) is 3.59. The number of fused-ring (bicyclic) bond motifs is 1. The van der Waals surface area contributed by atoms with Crippen molar-refractivity contribution in [3.05, 3.63) is 40.2 Å². The molecule has 1 aromatic heterocycles. The van der Waals surface area contributed by atoms with Crippen molar-refractivity contribution in [3.8, 4) is 5.75 Å². The van der Waals surface area contributed by atoms with Crippen molar-refractivity contribution in [2.45, 2.75) is 26.2 Å². The van der Waals surface area contributed by atoms with E-state index in [-0.39, 0.29) is 23.3 Å². The van der Waals surface area contributed by atoms with Crippen molar-refractivity contribution in [2.75, 3.05) is 26.7 Å². The normalized spacial score (nSPS) is 16.5. The molecule has 7 nitrogen and oxygen atoms in total. The molecule has 1 aliphatic heterocycles. The lowest BCUT2D eigenvalue weighted by atomic mass is 10.0. The maximum absolute atomic E-state index is 12.8. The molecule has 1 aliphatic rings. The number of amides is 2. The molecular formula is C20H24N2O5. The molecule has 1 saturated heterocycles. The van der Waals surface area contributed by atoms with E-state index in [1.54, 1.807) is 36.2 Å². The molecule has 3 rings (SSSR count). The number of hydrogen-bond donors (Lipinski definition) is 1. The molecule has 0 aliphatic carbocycles. The van der Waals surface area contributed by atoms with Gasteiger partial charge in [-0.25, -0.2) is 4.79 Å². The minimum Gasteiger partial charge on any atom is -0.493 e. The molecule has 0 saturated carbocycles. The zero-order chi connectivity index (χ0) is 19.4. The maximum Gasteiger partial charge on any atom is 0.349 e. The summed E-state index contributed by atoms with van der Waals surface area (Å²) in [5.74, 6) is 0.347. The molecule has 2 heterocycles. The van der Waals surface area contributed by atoms with Gasteiger partial charge >= 0.3 is 5.63 Å². The van der Waals surface area contributed by atoms with Crippen LogP contribution in [0.25, 0.3) is 11.0 Å². The molecule has 0 spiro atoms. The standard InChI is InChI=1S/C20H24N2O5/c1-3-8-26-15-5-4-14-10-16(20(25)27-17(14)11-15)19(24)22-7-6-13(12-22)9-18(23)21-2/h4-5,10-11,13H,3,6-9,12H2,1-2H3,(H,21,23). The summed E-state index contributed by atoms with van der Waals surface area (Å²) in [5.41, 5.74) is -0.246. The summed E-state index contributed by atoms with van der Waals surface area (Å²) in [6.07, 6.45) is 2.01. The molecule has 27 heavy (non-hydrogen) atoms. The minimum atomic E-state index is -0.658. The zero-order valence-electron chi connectivity index (χ0n) is 15.6. The van der Waals surface area contributed by atoms with Crippen molar-refractivity contribution >= 4 is 22.8 Å². The van der Waals surface area contributed by atoms with E-state index in [9.17, 15) is 14.4 Å². The number of carbonyl (C=O) groups is 2. The summed E-state index contributed by atoms with van der Waals surface area (Å²) in [7, 11) is 1.60. The van der Waals surface area contributed by atoms with Crippen molar-refractivity contribution < 1.29 is 18.7 Å². The lowest BCUT2D eigenvalue weighted by Crippen LogP contribution is -2.32. The van der Waals surface area contributed by atoms with E-state index in [0.717, 1.165) is 12.8 Å². The van der Waals surface area contributed by atoms with Crippen LogP contribution in [0.3, 0.4) is 0 Å². The summed E-state index contributed by atoms with van der Waals surface area (Å²) < 4.78 is 10.9. The highest BCUT2D eigenvalue weighted by Gasteiger charge is 2.30. The van der Waals surface area contributed by atoms with Crippen molar-refractivity contribution in [1.82, 2.24) is 10.2 Å². The third-order valence-electron chi connectivity index (χ3n) is 4.74. The van der Waals surface area contributed by atoms with Gasteiger partial charge in [-0.2, -0.15) is 0 Å². The first kappa shape index (κ1) is 18.9. The van der Waals surface area contributed by atoms with Gasteiger partial charge in [-0.3, -0.25) is 9.59 Å². The van der Waals surface area contributed by atoms with Crippen molar-refractivity contribution in [2.24, 2.45) is 5.92 Å². The van der Waals surface area contributed by atoms with Gasteiger partial charge in [-0.05, 0) is 37.0 Å². The van der Waals surface area contributed by atoms with E-state index in [1.165, 1.54) is 0 Å². The predicted octanol–water partition coefficient (Wildman–Crippen LogP) is 2.18. The van der Waals surface area contributed by atoms with Gasteiger partial charge in [-0.1, -0.05) is 6.92 Å². The maximum atomic E-state index is 12.8. The summed E-state index contributed by atoms with van der Waals surface area (Å²) >= 11 is 0. The fourth-order valence-electron chi connectivity index (χ4n) is 3.27. The second-order valence-corrected chi connectivity index (χ2v) is 6.78. The van der Waals surface area contributed by atoms with Crippen LogP contribution in [0.15, 0.2) is 33.5 Å². The van der Waals surface area contributed by atoms with Gasteiger partial charge < -0.3 is 19.4 Å². The Hall–Kier alpha value is -2.83. The Bertz CT molecular complexity index is 905. The largest absolute Gasteiger partial charge is 0.493 e. The highest BCUT2D eigenvalue weighted by Crippen LogP contribution is 2.24. The molecule has 7 heteroatoms. The number of nitrogens with zero attached hydrogens (tertiary/aromatic N) is 1. The van der Waals surface area contributed by atoms with Crippen LogP contribution < -0.4 is 15.7 Å². The van der Waals surface area contributed by atoms with E-state index >= 15 is 0 Å². The summed E-state index contributed by atoms with van der Waals surface area (Å²) in [6, 6.07) is 6.80. The number of hydrogen-bond acceptors (Lipinski definition) is 5. The smallest absolute Gasteiger partial charge is 0.349 e. The van der Waals surface area contributed by atoms with Crippen molar-refractivity contribution in [3.63, 3.8) is 0 Å². The molecule has 2 amide bonds. The Morgan fingerprint density at radius 2 is 2.15 bits per heavy atom. The van der Waals surface area contributed by atoms with Gasteiger partial charge in [0.05, 0.1) is 6.61 Å². The van der Waals surface area contributed by atoms with Gasteiger partial charge in [0.15, 0.2) is 0 Å². The number of ether oxygens (including phenoxy) is 1. The second kappa shape index (κ2) is 8.24. The lowest BCUT2D eigenvalue weighted by molar-refractivity contribution is -0.121. The van der Waals surface area contributed by atoms with Crippen LogP contribution in [-0.4, -0.2) is 43.5 Å². The van der Waals surface area contributed by atoms with Crippen LogP contribution >= 0.6 is 0 Å². The highest BCUT2D eigenvalue weighted by atomic mass is 16.5.